The lowest BCUT2D eigenvalue weighted by molar-refractivity contribution is -0.125. The molecule has 0 radical (unpaired) electrons. The number of hydrazone groups is 1. The van der Waals surface area contributed by atoms with Crippen LogP contribution in [0.5, 0.6) is 0 Å². The lowest BCUT2D eigenvalue weighted by atomic mass is 9.88. The molecule has 1 aromatic carbocycles. The van der Waals surface area contributed by atoms with E-state index in [0.29, 0.717) is 38.0 Å². The number of ether oxygens (including phenoxy) is 1. The Morgan fingerprint density at radius 3 is 2.74 bits per heavy atom. The van der Waals surface area contributed by atoms with Crippen molar-refractivity contribution in [2.45, 2.75) is 31.7 Å². The van der Waals surface area contributed by atoms with Gasteiger partial charge < -0.3 is 19.9 Å². The quantitative estimate of drug-likeness (QED) is 0.369. The number of hydrogen-bond donors (Lipinski definition) is 2. The molecule has 2 N–H and O–H groups in total. The molecule has 186 valence electrons. The van der Waals surface area contributed by atoms with Gasteiger partial charge in [-0.3, -0.25) is 10.2 Å². The summed E-state index contributed by atoms with van der Waals surface area (Å²) in [6.45, 7) is 8.48. The number of alkyl halides is 2. The molecule has 35 heavy (non-hydrogen) atoms. The molecule has 0 aromatic heterocycles. The minimum atomic E-state index is -2.71. The SMILES string of the molecule is C=C(/C=C1/N=C(N/N=C/c2cccc(C)c2)C=C(N2CCOCC2)N1C)C(=O)NC1CC(F)(F)C1. The molecular formula is C25H30F2N6O2. The zero-order valence-electron chi connectivity index (χ0n) is 19.9. The molecule has 10 heteroatoms. The topological polar surface area (TPSA) is 81.6 Å². The predicted molar refractivity (Wildman–Crippen MR) is 131 cm³/mol. The van der Waals surface area contributed by atoms with Crippen molar-refractivity contribution in [3.8, 4) is 0 Å². The number of benzene rings is 1. The first-order chi connectivity index (χ1) is 16.7. The number of amides is 1. The number of amidine groups is 1. The van der Waals surface area contributed by atoms with Gasteiger partial charge in [-0.15, -0.1) is 0 Å². The highest BCUT2D eigenvalue weighted by Gasteiger charge is 2.46. The van der Waals surface area contributed by atoms with Crippen molar-refractivity contribution < 1.29 is 18.3 Å². The summed E-state index contributed by atoms with van der Waals surface area (Å²) in [4.78, 5) is 21.1. The van der Waals surface area contributed by atoms with Gasteiger partial charge in [0.2, 0.25) is 0 Å². The van der Waals surface area contributed by atoms with Crippen LogP contribution in [0.1, 0.15) is 24.0 Å². The zero-order valence-corrected chi connectivity index (χ0v) is 19.9. The summed E-state index contributed by atoms with van der Waals surface area (Å²) in [5.41, 5.74) is 5.19. The highest BCUT2D eigenvalue weighted by Crippen LogP contribution is 2.37. The van der Waals surface area contributed by atoms with Crippen molar-refractivity contribution in [1.82, 2.24) is 20.5 Å². The van der Waals surface area contributed by atoms with E-state index in [1.165, 1.54) is 0 Å². The van der Waals surface area contributed by atoms with Crippen molar-refractivity contribution in [2.75, 3.05) is 33.4 Å². The molecular weight excluding hydrogens is 454 g/mol. The molecule has 1 saturated heterocycles. The van der Waals surface area contributed by atoms with Crippen LogP contribution in [0.2, 0.25) is 0 Å². The molecule has 1 amide bonds. The maximum Gasteiger partial charge on any atom is 0.252 e. The minimum absolute atomic E-state index is 0.136. The summed E-state index contributed by atoms with van der Waals surface area (Å²) in [7, 11) is 1.85. The Balaban J connectivity index is 1.51. The van der Waals surface area contributed by atoms with Gasteiger partial charge >= 0.3 is 0 Å². The largest absolute Gasteiger partial charge is 0.378 e. The molecule has 0 unspecified atom stereocenters. The van der Waals surface area contributed by atoms with Crippen molar-refractivity contribution in [2.24, 2.45) is 10.1 Å². The number of morpholine rings is 1. The summed E-state index contributed by atoms with van der Waals surface area (Å²) < 4.78 is 31.7. The summed E-state index contributed by atoms with van der Waals surface area (Å²) in [5.74, 6) is -1.36. The first-order valence-electron chi connectivity index (χ1n) is 11.5. The molecule has 8 nitrogen and oxygen atoms in total. The summed E-state index contributed by atoms with van der Waals surface area (Å²) >= 11 is 0. The number of halogens is 2. The van der Waals surface area contributed by atoms with Crippen LogP contribution < -0.4 is 10.7 Å². The van der Waals surface area contributed by atoms with E-state index in [0.717, 1.165) is 16.9 Å². The Bertz CT molecular complexity index is 1100. The van der Waals surface area contributed by atoms with Crippen molar-refractivity contribution in [3.63, 3.8) is 0 Å². The average Bonchev–Trinajstić information content (AvgIpc) is 2.80. The van der Waals surface area contributed by atoms with Gasteiger partial charge in [-0.1, -0.05) is 36.4 Å². The van der Waals surface area contributed by atoms with Crippen molar-refractivity contribution in [1.29, 1.82) is 0 Å². The van der Waals surface area contributed by atoms with Crippen molar-refractivity contribution >= 4 is 18.0 Å². The van der Waals surface area contributed by atoms with E-state index in [2.05, 4.69) is 32.3 Å². The number of carbonyl (C=O) groups excluding carboxylic acids is 1. The van der Waals surface area contributed by atoms with Gasteiger partial charge in [-0.2, -0.15) is 5.10 Å². The maximum absolute atomic E-state index is 13.1. The molecule has 2 fully saturated rings. The molecule has 1 aliphatic carbocycles. The second-order valence-electron chi connectivity index (χ2n) is 8.90. The van der Waals surface area contributed by atoms with Crippen LogP contribution in [0.3, 0.4) is 0 Å². The van der Waals surface area contributed by atoms with Gasteiger partial charge in [0.1, 0.15) is 11.6 Å². The lowest BCUT2D eigenvalue weighted by Crippen LogP contribution is -2.50. The van der Waals surface area contributed by atoms with Gasteiger partial charge in [0.15, 0.2) is 5.84 Å². The Morgan fingerprint density at radius 1 is 1.31 bits per heavy atom. The van der Waals surface area contributed by atoms with Crippen LogP contribution in [0.25, 0.3) is 0 Å². The number of rotatable bonds is 6. The van der Waals surface area contributed by atoms with E-state index in [1.807, 2.05) is 49.2 Å². The number of nitrogens with zero attached hydrogens (tertiary/aromatic N) is 4. The minimum Gasteiger partial charge on any atom is -0.378 e. The Kier molecular flexibility index (Phi) is 7.30. The standard InChI is InChI=1S/C25H30F2N6O2/c1-17-5-4-6-19(11-17)16-28-31-21-13-23(33-7-9-35-10-8-33)32(3)22(30-21)12-18(2)24(34)29-20-14-25(26,27)15-20/h4-6,11-13,16,20H,2,7-10,14-15H2,1,3H3,(H,29,34)(H,30,31)/b22-12-,28-16+. The van der Waals surface area contributed by atoms with E-state index in [4.69, 9.17) is 4.74 Å². The molecule has 2 heterocycles. The summed E-state index contributed by atoms with van der Waals surface area (Å²) in [5, 5.41) is 6.93. The Morgan fingerprint density at radius 2 is 2.06 bits per heavy atom. The fourth-order valence-electron chi connectivity index (χ4n) is 4.04. The molecule has 0 bridgehead atoms. The normalized spacial score (nSPS) is 21.4. The van der Waals surface area contributed by atoms with E-state index >= 15 is 0 Å². The van der Waals surface area contributed by atoms with Crippen LogP contribution in [-0.2, 0) is 9.53 Å². The van der Waals surface area contributed by atoms with Crippen LogP contribution in [0.15, 0.2) is 70.3 Å². The number of hydrogen-bond acceptors (Lipinski definition) is 7. The van der Waals surface area contributed by atoms with Gasteiger partial charge in [0.05, 0.1) is 19.4 Å². The number of aliphatic imine (C=N–C) groups is 1. The number of aryl methyl sites for hydroxylation is 1. The molecule has 1 saturated carbocycles. The van der Waals surface area contributed by atoms with Crippen LogP contribution in [-0.4, -0.2) is 73.1 Å². The summed E-state index contributed by atoms with van der Waals surface area (Å²) in [6, 6.07) is 7.40. The van der Waals surface area contributed by atoms with E-state index in [1.54, 1.807) is 12.3 Å². The molecule has 3 aliphatic rings. The molecule has 0 atom stereocenters. The van der Waals surface area contributed by atoms with Gasteiger partial charge in [0.25, 0.3) is 11.8 Å². The Labute approximate surface area is 203 Å². The Hall–Kier alpha value is -3.53. The molecule has 0 spiro atoms. The third-order valence-electron chi connectivity index (χ3n) is 5.98. The second-order valence-corrected chi connectivity index (χ2v) is 8.90. The monoisotopic (exact) mass is 484 g/mol. The number of carbonyl (C=O) groups is 1. The third kappa shape index (κ3) is 6.33. The predicted octanol–water partition coefficient (Wildman–Crippen LogP) is 2.75. The molecule has 1 aromatic rings. The molecule has 2 aliphatic heterocycles. The maximum atomic E-state index is 13.1. The van der Waals surface area contributed by atoms with E-state index in [-0.39, 0.29) is 18.4 Å². The number of nitrogens with one attached hydrogen (secondary N) is 2. The third-order valence-corrected chi connectivity index (χ3v) is 5.98. The molecule has 4 rings (SSSR count). The highest BCUT2D eigenvalue weighted by atomic mass is 19.3. The van der Waals surface area contributed by atoms with E-state index < -0.39 is 17.9 Å². The first-order valence-corrected chi connectivity index (χ1v) is 11.5. The van der Waals surface area contributed by atoms with Gasteiger partial charge in [-0.25, -0.2) is 13.8 Å². The van der Waals surface area contributed by atoms with Gasteiger partial charge in [-0.05, 0) is 18.6 Å². The second kappa shape index (κ2) is 10.4. The highest BCUT2D eigenvalue weighted by molar-refractivity contribution is 5.97. The van der Waals surface area contributed by atoms with Crippen LogP contribution >= 0.6 is 0 Å². The van der Waals surface area contributed by atoms with Crippen LogP contribution in [0, 0.1) is 6.92 Å². The van der Waals surface area contributed by atoms with Crippen LogP contribution in [0.4, 0.5) is 8.78 Å². The lowest BCUT2D eigenvalue weighted by Gasteiger charge is -2.38. The fourth-order valence-corrected chi connectivity index (χ4v) is 4.04. The van der Waals surface area contributed by atoms with Gasteiger partial charge in [0, 0.05) is 50.7 Å². The zero-order chi connectivity index (χ0) is 25.0. The first kappa shape index (κ1) is 24.6. The van der Waals surface area contributed by atoms with E-state index in [9.17, 15) is 13.6 Å². The average molecular weight is 485 g/mol. The van der Waals surface area contributed by atoms with Crippen molar-refractivity contribution in [3.05, 3.63) is 71.3 Å². The fraction of sp³-hybridized carbons (Fsp3) is 0.400. The smallest absolute Gasteiger partial charge is 0.252 e. The summed E-state index contributed by atoms with van der Waals surface area (Å²) in [6.07, 6.45) is 4.44.